The van der Waals surface area contributed by atoms with E-state index in [4.69, 9.17) is 11.6 Å². The van der Waals surface area contributed by atoms with E-state index in [9.17, 15) is 0 Å². The fourth-order valence-electron chi connectivity index (χ4n) is 0.864. The summed E-state index contributed by atoms with van der Waals surface area (Å²) in [6.07, 6.45) is 5.26. The van der Waals surface area contributed by atoms with Crippen molar-refractivity contribution in [2.45, 2.75) is 26.0 Å². The van der Waals surface area contributed by atoms with E-state index in [0.717, 1.165) is 6.54 Å². The van der Waals surface area contributed by atoms with E-state index in [0.29, 0.717) is 0 Å². The molecule has 0 saturated carbocycles. The lowest BCUT2D eigenvalue weighted by atomic mass is 9.97. The third kappa shape index (κ3) is 3.79. The molecule has 0 aromatic carbocycles. The van der Waals surface area contributed by atoms with Crippen LogP contribution in [0.3, 0.4) is 0 Å². The fraction of sp³-hybridized carbons (Fsp3) is 0.667. The van der Waals surface area contributed by atoms with Crippen molar-refractivity contribution < 1.29 is 0 Å². The minimum Gasteiger partial charge on any atom is -0.342 e. The molecule has 0 spiro atoms. The Labute approximate surface area is 84.3 Å². The van der Waals surface area contributed by atoms with Gasteiger partial charge in [0.05, 0.1) is 0 Å². The van der Waals surface area contributed by atoms with Crippen molar-refractivity contribution in [3.05, 3.63) is 12.3 Å². The zero-order valence-corrected chi connectivity index (χ0v) is 9.02. The Bertz CT molecular complexity index is 230. The van der Waals surface area contributed by atoms with Gasteiger partial charge in [-0.1, -0.05) is 32.4 Å². The molecule has 3 nitrogen and oxygen atoms in total. The van der Waals surface area contributed by atoms with Crippen LogP contribution in [0.25, 0.3) is 0 Å². The number of nitrogens with one attached hydrogen (secondary N) is 2. The van der Waals surface area contributed by atoms with Crippen molar-refractivity contribution in [2.24, 2.45) is 10.4 Å². The molecular weight excluding hydrogens is 186 g/mol. The monoisotopic (exact) mass is 201 g/mol. The summed E-state index contributed by atoms with van der Waals surface area (Å²) in [4.78, 5) is 4.10. The standard InChI is InChI=1S/C9H16ClN3/c1-8(2,3)7-13-9(10)11-5-4-6-12-9/h4-6,11,13H,7H2,1-3H3. The van der Waals surface area contributed by atoms with Gasteiger partial charge in [-0.15, -0.1) is 0 Å². The van der Waals surface area contributed by atoms with Crippen LogP contribution in [0.1, 0.15) is 20.8 Å². The summed E-state index contributed by atoms with van der Waals surface area (Å²) >= 11 is 6.11. The van der Waals surface area contributed by atoms with Crippen LogP contribution in [0.4, 0.5) is 0 Å². The van der Waals surface area contributed by atoms with Crippen molar-refractivity contribution >= 4 is 17.8 Å². The largest absolute Gasteiger partial charge is 0.342 e. The average Bonchev–Trinajstić information content (AvgIpc) is 2.02. The van der Waals surface area contributed by atoms with Crippen molar-refractivity contribution in [3.8, 4) is 0 Å². The van der Waals surface area contributed by atoms with E-state index in [1.807, 2.05) is 0 Å². The summed E-state index contributed by atoms with van der Waals surface area (Å²) < 4.78 is 0. The van der Waals surface area contributed by atoms with E-state index >= 15 is 0 Å². The van der Waals surface area contributed by atoms with E-state index in [1.165, 1.54) is 0 Å². The Morgan fingerprint density at radius 1 is 1.54 bits per heavy atom. The van der Waals surface area contributed by atoms with Crippen LogP contribution in [-0.4, -0.2) is 18.0 Å². The molecule has 0 saturated heterocycles. The Morgan fingerprint density at radius 2 is 2.23 bits per heavy atom. The Hall–Kier alpha value is -0.540. The molecule has 0 aromatic heterocycles. The first-order valence-corrected chi connectivity index (χ1v) is 4.71. The lowest BCUT2D eigenvalue weighted by Gasteiger charge is -2.29. The summed E-state index contributed by atoms with van der Waals surface area (Å²) in [5.41, 5.74) is 0.195. The second-order valence-corrected chi connectivity index (χ2v) is 4.86. The minimum atomic E-state index is -0.859. The summed E-state index contributed by atoms with van der Waals surface area (Å²) in [6, 6.07) is 0. The average molecular weight is 202 g/mol. The number of halogens is 1. The minimum absolute atomic E-state index is 0.195. The molecule has 1 aliphatic rings. The van der Waals surface area contributed by atoms with Gasteiger partial charge in [0, 0.05) is 19.0 Å². The van der Waals surface area contributed by atoms with Crippen LogP contribution < -0.4 is 10.6 Å². The number of aliphatic imine (C=N–C) groups is 1. The summed E-state index contributed by atoms with van der Waals surface area (Å²) in [7, 11) is 0. The number of hydrogen-bond donors (Lipinski definition) is 2. The predicted octanol–water partition coefficient (Wildman–Crippen LogP) is 1.66. The maximum atomic E-state index is 6.11. The van der Waals surface area contributed by atoms with Crippen molar-refractivity contribution in [3.63, 3.8) is 0 Å². The highest BCUT2D eigenvalue weighted by atomic mass is 35.5. The number of rotatable bonds is 2. The highest BCUT2D eigenvalue weighted by molar-refractivity contribution is 6.23. The van der Waals surface area contributed by atoms with Crippen LogP contribution in [0.2, 0.25) is 0 Å². The number of nitrogens with zero attached hydrogens (tertiary/aromatic N) is 1. The molecule has 0 fully saturated rings. The van der Waals surface area contributed by atoms with Crippen LogP contribution in [0.15, 0.2) is 17.3 Å². The van der Waals surface area contributed by atoms with Gasteiger partial charge in [0.15, 0.2) is 0 Å². The lowest BCUT2D eigenvalue weighted by Crippen LogP contribution is -2.52. The number of allylic oxidation sites excluding steroid dienone is 1. The maximum Gasteiger partial charge on any atom is 0.264 e. The van der Waals surface area contributed by atoms with Crippen LogP contribution >= 0.6 is 11.6 Å². The Kier molecular flexibility index (Phi) is 2.98. The molecule has 1 unspecified atom stereocenters. The van der Waals surface area contributed by atoms with Gasteiger partial charge < -0.3 is 5.32 Å². The zero-order valence-electron chi connectivity index (χ0n) is 8.26. The van der Waals surface area contributed by atoms with Gasteiger partial charge in [-0.3, -0.25) is 5.32 Å². The van der Waals surface area contributed by atoms with Gasteiger partial charge in [-0.2, -0.15) is 0 Å². The van der Waals surface area contributed by atoms with Crippen molar-refractivity contribution in [1.29, 1.82) is 0 Å². The molecule has 0 amide bonds. The van der Waals surface area contributed by atoms with Crippen molar-refractivity contribution in [1.82, 2.24) is 10.6 Å². The smallest absolute Gasteiger partial charge is 0.264 e. The van der Waals surface area contributed by atoms with Crippen LogP contribution in [0, 0.1) is 5.41 Å². The van der Waals surface area contributed by atoms with Crippen LogP contribution in [0.5, 0.6) is 0 Å². The third-order valence-corrected chi connectivity index (χ3v) is 1.90. The molecule has 1 heterocycles. The molecule has 2 N–H and O–H groups in total. The van der Waals surface area contributed by atoms with Gasteiger partial charge in [0.25, 0.3) is 5.25 Å². The highest BCUT2D eigenvalue weighted by Crippen LogP contribution is 2.16. The molecule has 4 heteroatoms. The molecule has 0 bridgehead atoms. The Morgan fingerprint density at radius 3 is 2.69 bits per heavy atom. The quantitative estimate of drug-likeness (QED) is 0.527. The fourth-order valence-corrected chi connectivity index (χ4v) is 1.05. The van der Waals surface area contributed by atoms with Crippen LogP contribution in [-0.2, 0) is 0 Å². The van der Waals surface area contributed by atoms with Crippen molar-refractivity contribution in [2.75, 3.05) is 6.54 Å². The topological polar surface area (TPSA) is 36.4 Å². The third-order valence-electron chi connectivity index (χ3n) is 1.56. The van der Waals surface area contributed by atoms with Gasteiger partial charge in [0.1, 0.15) is 0 Å². The number of hydrogen-bond acceptors (Lipinski definition) is 3. The molecular formula is C9H16ClN3. The van der Waals surface area contributed by atoms with Gasteiger partial charge in [0.2, 0.25) is 0 Å². The molecule has 0 radical (unpaired) electrons. The first kappa shape index (κ1) is 10.5. The molecule has 1 atom stereocenters. The Balaban J connectivity index is 2.44. The molecule has 74 valence electrons. The molecule has 1 aliphatic heterocycles. The zero-order chi connectivity index (χ0) is 9.95. The predicted molar refractivity (Wildman–Crippen MR) is 56.8 cm³/mol. The van der Waals surface area contributed by atoms with Gasteiger partial charge in [-0.05, 0) is 11.5 Å². The normalized spacial score (nSPS) is 27.4. The second kappa shape index (κ2) is 3.68. The lowest BCUT2D eigenvalue weighted by molar-refractivity contribution is 0.319. The first-order valence-electron chi connectivity index (χ1n) is 4.33. The van der Waals surface area contributed by atoms with E-state index < -0.39 is 5.25 Å². The van der Waals surface area contributed by atoms with E-state index in [-0.39, 0.29) is 5.41 Å². The molecule has 1 rings (SSSR count). The van der Waals surface area contributed by atoms with Gasteiger partial charge in [-0.25, -0.2) is 4.99 Å². The second-order valence-electron chi connectivity index (χ2n) is 4.32. The molecule has 0 aromatic rings. The summed E-state index contributed by atoms with van der Waals surface area (Å²) in [5, 5.41) is 5.23. The molecule has 13 heavy (non-hydrogen) atoms. The molecule has 0 aliphatic carbocycles. The maximum absolute atomic E-state index is 6.11. The van der Waals surface area contributed by atoms with E-state index in [1.54, 1.807) is 18.5 Å². The SMILES string of the molecule is CC(C)(C)CNC1(Cl)N=CC=CN1. The highest BCUT2D eigenvalue weighted by Gasteiger charge is 2.26. The summed E-state index contributed by atoms with van der Waals surface area (Å²) in [6.45, 7) is 7.22. The van der Waals surface area contributed by atoms with E-state index in [2.05, 4.69) is 36.4 Å². The van der Waals surface area contributed by atoms with Gasteiger partial charge >= 0.3 is 0 Å². The summed E-state index contributed by atoms with van der Waals surface area (Å²) in [5.74, 6) is 0. The first-order chi connectivity index (χ1) is 5.91. The number of alkyl halides is 1.